The lowest BCUT2D eigenvalue weighted by atomic mass is 10.2. The molecule has 1 aromatic carbocycles. The molecule has 0 aliphatic heterocycles. The maximum absolute atomic E-state index is 5.33. The number of methoxy groups -OCH3 is 2. The van der Waals surface area contributed by atoms with Crippen LogP contribution in [0.1, 0.15) is 5.69 Å². The zero-order valence-electron chi connectivity index (χ0n) is 9.98. The van der Waals surface area contributed by atoms with E-state index in [-0.39, 0.29) is 0 Å². The third-order valence-electron chi connectivity index (χ3n) is 2.49. The third kappa shape index (κ3) is 2.19. The Balaban J connectivity index is 2.64. The van der Waals surface area contributed by atoms with E-state index in [4.69, 9.17) is 21.7 Å². The van der Waals surface area contributed by atoms with E-state index in [2.05, 4.69) is 4.98 Å². The summed E-state index contributed by atoms with van der Waals surface area (Å²) in [7, 11) is 3.27. The van der Waals surface area contributed by atoms with E-state index in [1.165, 1.54) is 0 Å². The van der Waals surface area contributed by atoms with Crippen LogP contribution in [0.4, 0.5) is 0 Å². The minimum Gasteiger partial charge on any atom is -0.497 e. The molecule has 0 bridgehead atoms. The van der Waals surface area contributed by atoms with Gasteiger partial charge in [0, 0.05) is 18.0 Å². The Hall–Kier alpha value is -1.75. The summed E-state index contributed by atoms with van der Waals surface area (Å²) < 4.78 is 13.0. The fourth-order valence-corrected chi connectivity index (χ4v) is 1.99. The average molecular weight is 250 g/mol. The lowest BCUT2D eigenvalue weighted by Gasteiger charge is -2.10. The van der Waals surface area contributed by atoms with Crippen LogP contribution in [-0.2, 0) is 0 Å². The predicted octanol–water partition coefficient (Wildman–Crippen LogP) is 2.86. The van der Waals surface area contributed by atoms with Crippen LogP contribution >= 0.6 is 12.2 Å². The first-order valence-corrected chi connectivity index (χ1v) is 5.57. The van der Waals surface area contributed by atoms with Crippen LogP contribution in [-0.4, -0.2) is 23.8 Å². The van der Waals surface area contributed by atoms with Crippen LogP contribution in [0.3, 0.4) is 0 Å². The molecule has 4 nitrogen and oxygen atoms in total. The second-order valence-electron chi connectivity index (χ2n) is 3.65. The summed E-state index contributed by atoms with van der Waals surface area (Å²) >= 11 is 5.25. The summed E-state index contributed by atoms with van der Waals surface area (Å²) in [5.41, 5.74) is 1.86. The second-order valence-corrected chi connectivity index (χ2v) is 4.04. The van der Waals surface area contributed by atoms with Gasteiger partial charge in [-0.2, -0.15) is 0 Å². The van der Waals surface area contributed by atoms with Gasteiger partial charge in [0.25, 0.3) is 0 Å². The molecule has 0 unspecified atom stereocenters. The first-order valence-electron chi connectivity index (χ1n) is 5.16. The topological polar surface area (TPSA) is 39.2 Å². The Labute approximate surface area is 105 Å². The highest BCUT2D eigenvalue weighted by atomic mass is 32.1. The van der Waals surface area contributed by atoms with E-state index in [0.29, 0.717) is 4.77 Å². The molecule has 0 saturated carbocycles. The van der Waals surface area contributed by atoms with E-state index in [1.807, 2.05) is 35.9 Å². The number of H-pyrrole nitrogens is 1. The largest absolute Gasteiger partial charge is 0.497 e. The monoisotopic (exact) mass is 250 g/mol. The molecule has 1 heterocycles. The molecule has 90 valence electrons. The molecule has 5 heteroatoms. The Morgan fingerprint density at radius 2 is 2.00 bits per heavy atom. The van der Waals surface area contributed by atoms with Crippen molar-refractivity contribution in [3.05, 3.63) is 34.9 Å². The number of aromatic nitrogens is 2. The predicted molar refractivity (Wildman–Crippen MR) is 68.8 cm³/mol. The molecule has 0 radical (unpaired) electrons. The van der Waals surface area contributed by atoms with Gasteiger partial charge in [0.1, 0.15) is 11.5 Å². The van der Waals surface area contributed by atoms with Gasteiger partial charge in [0.05, 0.1) is 19.9 Å². The zero-order valence-corrected chi connectivity index (χ0v) is 10.8. The Morgan fingerprint density at radius 3 is 2.53 bits per heavy atom. The number of nitrogens with zero attached hydrogens (tertiary/aromatic N) is 1. The molecule has 0 saturated heterocycles. The third-order valence-corrected chi connectivity index (χ3v) is 2.79. The van der Waals surface area contributed by atoms with E-state index in [1.54, 1.807) is 14.2 Å². The van der Waals surface area contributed by atoms with Gasteiger partial charge in [0.2, 0.25) is 0 Å². The van der Waals surface area contributed by atoms with Crippen molar-refractivity contribution in [1.29, 1.82) is 0 Å². The molecule has 0 amide bonds. The molecule has 2 rings (SSSR count). The zero-order chi connectivity index (χ0) is 12.4. The highest BCUT2D eigenvalue weighted by Crippen LogP contribution is 2.27. The van der Waals surface area contributed by atoms with Gasteiger partial charge in [-0.05, 0) is 31.3 Å². The summed E-state index contributed by atoms with van der Waals surface area (Å²) in [4.78, 5) is 3.08. The number of imidazole rings is 1. The normalized spacial score (nSPS) is 10.3. The van der Waals surface area contributed by atoms with Crippen molar-refractivity contribution in [2.75, 3.05) is 14.2 Å². The van der Waals surface area contributed by atoms with Gasteiger partial charge >= 0.3 is 0 Å². The fraction of sp³-hybridized carbons (Fsp3) is 0.250. The van der Waals surface area contributed by atoms with Crippen LogP contribution in [0.25, 0.3) is 5.69 Å². The SMILES string of the molecule is COc1ccc(OC)c(-n2cc(C)[nH]c2=S)c1. The summed E-state index contributed by atoms with van der Waals surface area (Å²) in [5.74, 6) is 1.52. The molecule has 0 aliphatic carbocycles. The van der Waals surface area contributed by atoms with E-state index < -0.39 is 0 Å². The fourth-order valence-electron chi connectivity index (χ4n) is 1.68. The molecule has 0 spiro atoms. The highest BCUT2D eigenvalue weighted by molar-refractivity contribution is 7.71. The minimum atomic E-state index is 0.633. The molecule has 0 atom stereocenters. The minimum absolute atomic E-state index is 0.633. The van der Waals surface area contributed by atoms with Gasteiger partial charge in [-0.3, -0.25) is 4.57 Å². The molecule has 0 aliphatic rings. The average Bonchev–Trinajstić information content (AvgIpc) is 2.67. The maximum atomic E-state index is 5.33. The number of hydrogen-bond acceptors (Lipinski definition) is 3. The summed E-state index contributed by atoms with van der Waals surface area (Å²) in [6.45, 7) is 1.96. The van der Waals surface area contributed by atoms with Gasteiger partial charge in [-0.25, -0.2) is 0 Å². The molecule has 0 fully saturated rings. The first-order chi connectivity index (χ1) is 8.15. The van der Waals surface area contributed by atoms with Crippen molar-refractivity contribution >= 4 is 12.2 Å². The van der Waals surface area contributed by atoms with Crippen LogP contribution in [0.15, 0.2) is 24.4 Å². The molecular weight excluding hydrogens is 236 g/mol. The maximum Gasteiger partial charge on any atom is 0.182 e. The van der Waals surface area contributed by atoms with Crippen molar-refractivity contribution in [3.63, 3.8) is 0 Å². The number of ether oxygens (including phenoxy) is 2. The molecule has 1 aromatic heterocycles. The Kier molecular flexibility index (Phi) is 3.19. The number of hydrogen-bond donors (Lipinski definition) is 1. The number of rotatable bonds is 3. The Bertz CT molecular complexity index is 586. The number of aryl methyl sites for hydroxylation is 1. The van der Waals surface area contributed by atoms with Crippen molar-refractivity contribution in [2.24, 2.45) is 0 Å². The number of benzene rings is 1. The number of nitrogens with one attached hydrogen (secondary N) is 1. The Morgan fingerprint density at radius 1 is 1.24 bits per heavy atom. The van der Waals surface area contributed by atoms with Crippen molar-refractivity contribution in [3.8, 4) is 17.2 Å². The van der Waals surface area contributed by atoms with Crippen LogP contribution in [0, 0.1) is 11.7 Å². The molecule has 2 aromatic rings. The first kappa shape index (κ1) is 11.7. The smallest absolute Gasteiger partial charge is 0.182 e. The van der Waals surface area contributed by atoms with E-state index >= 15 is 0 Å². The molecule has 17 heavy (non-hydrogen) atoms. The summed E-state index contributed by atoms with van der Waals surface area (Å²) in [5, 5.41) is 0. The van der Waals surface area contributed by atoms with Crippen molar-refractivity contribution in [1.82, 2.24) is 9.55 Å². The number of aromatic amines is 1. The van der Waals surface area contributed by atoms with Crippen LogP contribution in [0.2, 0.25) is 0 Å². The second kappa shape index (κ2) is 4.63. The van der Waals surface area contributed by atoms with Crippen molar-refractivity contribution in [2.45, 2.75) is 6.92 Å². The van der Waals surface area contributed by atoms with Gasteiger partial charge in [-0.15, -0.1) is 0 Å². The van der Waals surface area contributed by atoms with Crippen molar-refractivity contribution < 1.29 is 9.47 Å². The standard InChI is InChI=1S/C12H14N2O2S/c1-8-7-14(12(17)13-8)10-6-9(15-2)4-5-11(10)16-3/h4-7H,1-3H3,(H,13,17). The molecular formula is C12H14N2O2S. The van der Waals surface area contributed by atoms with Crippen LogP contribution < -0.4 is 9.47 Å². The quantitative estimate of drug-likeness (QED) is 0.851. The van der Waals surface area contributed by atoms with Gasteiger partial charge in [0.15, 0.2) is 4.77 Å². The highest BCUT2D eigenvalue weighted by Gasteiger charge is 2.08. The lowest BCUT2D eigenvalue weighted by molar-refractivity contribution is 0.401. The van der Waals surface area contributed by atoms with Gasteiger partial charge in [-0.1, -0.05) is 0 Å². The van der Waals surface area contributed by atoms with Gasteiger partial charge < -0.3 is 14.5 Å². The lowest BCUT2D eigenvalue weighted by Crippen LogP contribution is -1.97. The van der Waals surface area contributed by atoms with E-state index in [0.717, 1.165) is 22.9 Å². The molecule has 1 N–H and O–H groups in total. The summed E-state index contributed by atoms with van der Waals surface area (Å²) in [6, 6.07) is 5.60. The van der Waals surface area contributed by atoms with Crippen LogP contribution in [0.5, 0.6) is 11.5 Å². The summed E-state index contributed by atoms with van der Waals surface area (Å²) in [6.07, 6.45) is 1.93. The van der Waals surface area contributed by atoms with E-state index in [9.17, 15) is 0 Å².